The molecule has 1 aromatic carbocycles. The van der Waals surface area contributed by atoms with E-state index in [2.05, 4.69) is 41.0 Å². The average molecular weight is 463 g/mol. The van der Waals surface area contributed by atoms with E-state index in [1.54, 1.807) is 17.5 Å². The number of amides is 1. The van der Waals surface area contributed by atoms with Crippen LogP contribution in [-0.2, 0) is 21.4 Å². The fraction of sp³-hybridized carbons (Fsp3) is 0.500. The largest absolute Gasteiger partial charge is 0.339 e. The van der Waals surface area contributed by atoms with Crippen LogP contribution >= 0.6 is 11.3 Å². The number of rotatable bonds is 6. The van der Waals surface area contributed by atoms with E-state index in [-0.39, 0.29) is 5.91 Å². The fourth-order valence-electron chi connectivity index (χ4n) is 4.14. The standard InChI is InChI=1S/C22H30N4O3S2/c1-19-5-2-3-6-20(19)17-23-8-12-25(13-9-23)21(27)18-24-10-14-26(15-11-24)31(28,29)22-7-4-16-30-22/h2-7,16H,8-15,17-18H2,1H3. The van der Waals surface area contributed by atoms with Gasteiger partial charge in [0.05, 0.1) is 6.54 Å². The van der Waals surface area contributed by atoms with E-state index in [4.69, 9.17) is 0 Å². The SMILES string of the molecule is Cc1ccccc1CN1CCN(C(=O)CN2CCN(S(=O)(=O)c3cccs3)CC2)CC1. The quantitative estimate of drug-likeness (QED) is 0.654. The molecule has 1 aromatic heterocycles. The molecule has 168 valence electrons. The lowest BCUT2D eigenvalue weighted by atomic mass is 10.1. The molecule has 31 heavy (non-hydrogen) atoms. The van der Waals surface area contributed by atoms with E-state index in [1.807, 2.05) is 4.90 Å². The minimum atomic E-state index is -3.40. The van der Waals surface area contributed by atoms with Gasteiger partial charge in [0, 0.05) is 58.9 Å². The molecule has 0 unspecified atom stereocenters. The Kier molecular flexibility index (Phi) is 7.08. The van der Waals surface area contributed by atoms with Gasteiger partial charge in [-0.1, -0.05) is 30.3 Å². The number of thiophene rings is 1. The van der Waals surface area contributed by atoms with Gasteiger partial charge in [-0.3, -0.25) is 14.6 Å². The van der Waals surface area contributed by atoms with Gasteiger partial charge >= 0.3 is 0 Å². The normalized spacial score (nSPS) is 19.6. The molecule has 9 heteroatoms. The molecular weight excluding hydrogens is 432 g/mol. The summed E-state index contributed by atoms with van der Waals surface area (Å²) >= 11 is 1.25. The van der Waals surface area contributed by atoms with Crippen LogP contribution < -0.4 is 0 Å². The number of piperazine rings is 2. The van der Waals surface area contributed by atoms with E-state index >= 15 is 0 Å². The molecule has 0 atom stereocenters. The van der Waals surface area contributed by atoms with Gasteiger partial charge in [0.25, 0.3) is 10.0 Å². The summed E-state index contributed by atoms with van der Waals surface area (Å²) in [5, 5.41) is 1.78. The molecule has 2 saturated heterocycles. The minimum absolute atomic E-state index is 0.144. The maximum absolute atomic E-state index is 12.8. The molecule has 2 aromatic rings. The lowest BCUT2D eigenvalue weighted by molar-refractivity contribution is -0.134. The molecule has 0 bridgehead atoms. The molecule has 1 amide bonds. The Bertz CT molecular complexity index is 978. The van der Waals surface area contributed by atoms with Crippen LogP contribution in [0.15, 0.2) is 46.0 Å². The van der Waals surface area contributed by atoms with Crippen molar-refractivity contribution in [1.29, 1.82) is 0 Å². The molecule has 2 aliphatic rings. The number of benzene rings is 1. The van der Waals surface area contributed by atoms with Crippen molar-refractivity contribution in [2.75, 3.05) is 58.9 Å². The number of carbonyl (C=O) groups excluding carboxylic acids is 1. The molecule has 3 heterocycles. The van der Waals surface area contributed by atoms with Crippen LogP contribution in [0.25, 0.3) is 0 Å². The lowest BCUT2D eigenvalue weighted by Gasteiger charge is -2.37. The van der Waals surface area contributed by atoms with Crippen LogP contribution in [0.4, 0.5) is 0 Å². The zero-order valence-electron chi connectivity index (χ0n) is 17.9. The van der Waals surface area contributed by atoms with Crippen molar-refractivity contribution in [3.63, 3.8) is 0 Å². The Balaban J connectivity index is 1.22. The van der Waals surface area contributed by atoms with E-state index in [0.717, 1.165) is 32.7 Å². The van der Waals surface area contributed by atoms with Gasteiger partial charge < -0.3 is 4.90 Å². The Morgan fingerprint density at radius 3 is 2.23 bits per heavy atom. The topological polar surface area (TPSA) is 64.2 Å². The monoisotopic (exact) mass is 462 g/mol. The highest BCUT2D eigenvalue weighted by Crippen LogP contribution is 2.22. The van der Waals surface area contributed by atoms with Crippen molar-refractivity contribution in [2.45, 2.75) is 17.7 Å². The van der Waals surface area contributed by atoms with Crippen LogP contribution in [0.2, 0.25) is 0 Å². The van der Waals surface area contributed by atoms with E-state index < -0.39 is 10.0 Å². The third kappa shape index (κ3) is 5.35. The zero-order valence-corrected chi connectivity index (χ0v) is 19.6. The van der Waals surface area contributed by atoms with Crippen molar-refractivity contribution in [3.05, 3.63) is 52.9 Å². The van der Waals surface area contributed by atoms with Gasteiger partial charge in [0.1, 0.15) is 4.21 Å². The Hall–Kier alpha value is -1.78. The van der Waals surface area contributed by atoms with Gasteiger partial charge in [-0.15, -0.1) is 11.3 Å². The van der Waals surface area contributed by atoms with Gasteiger partial charge in [0.2, 0.25) is 5.91 Å². The molecule has 4 rings (SSSR count). The summed E-state index contributed by atoms with van der Waals surface area (Å²) in [4.78, 5) is 19.2. The molecule has 2 fully saturated rings. The molecule has 2 aliphatic heterocycles. The Morgan fingerprint density at radius 2 is 1.58 bits per heavy atom. The summed E-state index contributed by atoms with van der Waals surface area (Å²) < 4.78 is 27.2. The van der Waals surface area contributed by atoms with E-state index in [9.17, 15) is 13.2 Å². The van der Waals surface area contributed by atoms with E-state index in [1.165, 1.54) is 26.8 Å². The van der Waals surface area contributed by atoms with E-state index in [0.29, 0.717) is 36.9 Å². The average Bonchev–Trinajstić information content (AvgIpc) is 3.32. The van der Waals surface area contributed by atoms with Crippen molar-refractivity contribution in [3.8, 4) is 0 Å². The van der Waals surface area contributed by atoms with Gasteiger partial charge in [-0.2, -0.15) is 4.31 Å². The summed E-state index contributed by atoms with van der Waals surface area (Å²) in [7, 11) is -3.40. The highest BCUT2D eigenvalue weighted by molar-refractivity contribution is 7.91. The van der Waals surface area contributed by atoms with Crippen molar-refractivity contribution in [2.24, 2.45) is 0 Å². The summed E-state index contributed by atoms with van der Waals surface area (Å²) in [6.07, 6.45) is 0. The van der Waals surface area contributed by atoms with Crippen LogP contribution in [0.3, 0.4) is 0 Å². The minimum Gasteiger partial charge on any atom is -0.339 e. The summed E-state index contributed by atoms with van der Waals surface area (Å²) in [5.41, 5.74) is 2.65. The number of aryl methyl sites for hydroxylation is 1. The highest BCUT2D eigenvalue weighted by Gasteiger charge is 2.30. The van der Waals surface area contributed by atoms with Crippen LogP contribution in [-0.4, -0.2) is 92.2 Å². The van der Waals surface area contributed by atoms with Gasteiger partial charge in [-0.25, -0.2) is 8.42 Å². The first kappa shape index (κ1) is 22.4. The summed E-state index contributed by atoms with van der Waals surface area (Å²) in [5.74, 6) is 0.144. The first-order chi connectivity index (χ1) is 14.9. The van der Waals surface area contributed by atoms with Gasteiger partial charge in [0.15, 0.2) is 0 Å². The fourth-order valence-corrected chi connectivity index (χ4v) is 6.71. The smallest absolute Gasteiger partial charge is 0.252 e. The zero-order chi connectivity index (χ0) is 21.8. The highest BCUT2D eigenvalue weighted by atomic mass is 32.2. The second-order valence-corrected chi connectivity index (χ2v) is 11.3. The van der Waals surface area contributed by atoms with Crippen LogP contribution in [0, 0.1) is 6.92 Å². The Morgan fingerprint density at radius 1 is 0.903 bits per heavy atom. The molecule has 0 spiro atoms. The summed E-state index contributed by atoms with van der Waals surface area (Å²) in [6.45, 7) is 8.72. The van der Waals surface area contributed by atoms with Crippen molar-refractivity contribution in [1.82, 2.24) is 19.0 Å². The first-order valence-corrected chi connectivity index (χ1v) is 13.1. The van der Waals surface area contributed by atoms with Crippen LogP contribution in [0.1, 0.15) is 11.1 Å². The summed E-state index contributed by atoms with van der Waals surface area (Å²) in [6, 6.07) is 11.9. The predicted octanol–water partition coefficient (Wildman–Crippen LogP) is 1.71. The number of hydrogen-bond acceptors (Lipinski definition) is 6. The molecule has 0 N–H and O–H groups in total. The molecule has 0 aliphatic carbocycles. The maximum Gasteiger partial charge on any atom is 0.252 e. The van der Waals surface area contributed by atoms with Crippen molar-refractivity contribution >= 4 is 27.3 Å². The molecule has 7 nitrogen and oxygen atoms in total. The molecule has 0 radical (unpaired) electrons. The lowest BCUT2D eigenvalue weighted by Crippen LogP contribution is -2.54. The molecule has 0 saturated carbocycles. The second kappa shape index (κ2) is 9.79. The second-order valence-electron chi connectivity index (χ2n) is 8.20. The van der Waals surface area contributed by atoms with Gasteiger partial charge in [-0.05, 0) is 29.5 Å². The number of nitrogens with zero attached hydrogens (tertiary/aromatic N) is 4. The first-order valence-electron chi connectivity index (χ1n) is 10.7. The predicted molar refractivity (Wildman–Crippen MR) is 123 cm³/mol. The Labute approximate surface area is 188 Å². The van der Waals surface area contributed by atoms with Crippen molar-refractivity contribution < 1.29 is 13.2 Å². The third-order valence-corrected chi connectivity index (χ3v) is 9.43. The number of carbonyl (C=O) groups is 1. The molecular formula is C22H30N4O3S2. The van der Waals surface area contributed by atoms with Crippen LogP contribution in [0.5, 0.6) is 0 Å². The third-order valence-electron chi connectivity index (χ3n) is 6.16. The number of sulfonamides is 1. The number of hydrogen-bond donors (Lipinski definition) is 0. The maximum atomic E-state index is 12.8.